The Hall–Kier alpha value is -2.30. The average molecular weight is 204 g/mol. The number of rotatable bonds is 2. The van der Waals surface area contributed by atoms with E-state index < -0.39 is 0 Å². The lowest BCUT2D eigenvalue weighted by Gasteiger charge is -2.02. The maximum absolute atomic E-state index is 10.8. The van der Waals surface area contributed by atoms with Gasteiger partial charge in [-0.1, -0.05) is 5.16 Å². The van der Waals surface area contributed by atoms with Gasteiger partial charge in [0.25, 0.3) is 0 Å². The molecule has 15 heavy (non-hydrogen) atoms. The fourth-order valence-electron chi connectivity index (χ4n) is 1.33. The summed E-state index contributed by atoms with van der Waals surface area (Å²) in [6.45, 7) is 0. The number of aromatic hydroxyl groups is 1. The van der Waals surface area contributed by atoms with Crippen LogP contribution in [0.25, 0.3) is 11.1 Å². The minimum atomic E-state index is 0.0520. The highest BCUT2D eigenvalue weighted by Crippen LogP contribution is 2.30. The number of carbonyl (C=O) groups is 1. The largest absolute Gasteiger partial charge is 0.508 e. The summed E-state index contributed by atoms with van der Waals surface area (Å²) in [6.07, 6.45) is 2.08. The number of hydrogen-bond donors (Lipinski definition) is 2. The van der Waals surface area contributed by atoms with Crippen LogP contribution in [0.3, 0.4) is 0 Å². The zero-order valence-corrected chi connectivity index (χ0v) is 7.68. The molecule has 0 aliphatic heterocycles. The molecule has 1 aromatic carbocycles. The highest BCUT2D eigenvalue weighted by atomic mass is 16.5. The van der Waals surface area contributed by atoms with Crippen LogP contribution in [0.5, 0.6) is 5.75 Å². The number of nitrogen functional groups attached to an aromatic ring is 1. The Labute approximate surface area is 85.1 Å². The van der Waals surface area contributed by atoms with Gasteiger partial charge in [-0.2, -0.15) is 0 Å². The SMILES string of the molecule is Nc1oncc1-c1cc(O)ccc1C=O. The number of hydrogen-bond acceptors (Lipinski definition) is 5. The number of aldehydes is 1. The van der Waals surface area contributed by atoms with Gasteiger partial charge in [-0.15, -0.1) is 0 Å². The summed E-state index contributed by atoms with van der Waals surface area (Å²) in [5.41, 5.74) is 6.94. The van der Waals surface area contributed by atoms with E-state index >= 15 is 0 Å². The van der Waals surface area contributed by atoms with Crippen molar-refractivity contribution in [2.24, 2.45) is 0 Å². The molecule has 3 N–H and O–H groups in total. The summed E-state index contributed by atoms with van der Waals surface area (Å²) in [6, 6.07) is 4.37. The van der Waals surface area contributed by atoms with Gasteiger partial charge in [-0.05, 0) is 18.2 Å². The molecule has 0 saturated heterocycles. The van der Waals surface area contributed by atoms with Crippen LogP contribution in [-0.2, 0) is 0 Å². The van der Waals surface area contributed by atoms with Crippen LogP contribution in [0.1, 0.15) is 10.4 Å². The first kappa shape index (κ1) is 9.26. The van der Waals surface area contributed by atoms with E-state index in [0.29, 0.717) is 23.0 Å². The average Bonchev–Trinajstić information content (AvgIpc) is 2.64. The van der Waals surface area contributed by atoms with Crippen molar-refractivity contribution in [3.05, 3.63) is 30.0 Å². The van der Waals surface area contributed by atoms with Gasteiger partial charge in [0, 0.05) is 11.1 Å². The number of phenolic OH excluding ortho intramolecular Hbond substituents is 1. The van der Waals surface area contributed by atoms with Crippen LogP contribution >= 0.6 is 0 Å². The van der Waals surface area contributed by atoms with E-state index in [4.69, 9.17) is 5.73 Å². The number of nitrogens with two attached hydrogens (primary N) is 1. The number of anilines is 1. The molecule has 0 aliphatic rings. The van der Waals surface area contributed by atoms with Gasteiger partial charge in [0.05, 0.1) is 11.8 Å². The summed E-state index contributed by atoms with van der Waals surface area (Å²) in [5, 5.41) is 12.8. The number of aromatic nitrogens is 1. The monoisotopic (exact) mass is 204 g/mol. The van der Waals surface area contributed by atoms with Crippen molar-refractivity contribution in [1.29, 1.82) is 0 Å². The Morgan fingerprint density at radius 2 is 2.20 bits per heavy atom. The Kier molecular flexibility index (Phi) is 2.13. The molecule has 0 amide bonds. The van der Waals surface area contributed by atoms with Crippen LogP contribution in [0, 0.1) is 0 Å². The van der Waals surface area contributed by atoms with Gasteiger partial charge in [0.1, 0.15) is 5.75 Å². The predicted molar refractivity (Wildman–Crippen MR) is 53.4 cm³/mol. The van der Waals surface area contributed by atoms with Crippen molar-refractivity contribution in [2.75, 3.05) is 5.73 Å². The third-order valence-corrected chi connectivity index (χ3v) is 2.05. The molecule has 0 saturated carbocycles. The van der Waals surface area contributed by atoms with Crippen LogP contribution in [0.15, 0.2) is 28.9 Å². The Bertz CT molecular complexity index is 505. The topological polar surface area (TPSA) is 89.3 Å². The molecule has 0 unspecified atom stereocenters. The smallest absolute Gasteiger partial charge is 0.229 e. The maximum Gasteiger partial charge on any atom is 0.229 e. The van der Waals surface area contributed by atoms with Crippen LogP contribution in [0.2, 0.25) is 0 Å². The van der Waals surface area contributed by atoms with Crippen molar-refractivity contribution in [1.82, 2.24) is 5.16 Å². The van der Waals surface area contributed by atoms with Crippen molar-refractivity contribution in [3.63, 3.8) is 0 Å². The summed E-state index contributed by atoms with van der Waals surface area (Å²) in [7, 11) is 0. The predicted octanol–water partition coefficient (Wildman–Crippen LogP) is 1.44. The number of phenols is 1. The van der Waals surface area contributed by atoms with Crippen molar-refractivity contribution in [2.45, 2.75) is 0 Å². The van der Waals surface area contributed by atoms with E-state index in [1.54, 1.807) is 0 Å². The molecule has 2 aromatic rings. The molecule has 2 rings (SSSR count). The molecule has 0 fully saturated rings. The molecule has 1 heterocycles. The molecule has 0 atom stereocenters. The zero-order chi connectivity index (χ0) is 10.8. The van der Waals surface area contributed by atoms with Gasteiger partial charge in [0.15, 0.2) is 6.29 Å². The summed E-state index contributed by atoms with van der Waals surface area (Å²) >= 11 is 0. The lowest BCUT2D eigenvalue weighted by atomic mass is 10.0. The third kappa shape index (κ3) is 1.54. The Balaban J connectivity index is 2.65. The Morgan fingerprint density at radius 3 is 2.80 bits per heavy atom. The van der Waals surface area contributed by atoms with Gasteiger partial charge in [-0.3, -0.25) is 4.79 Å². The Morgan fingerprint density at radius 1 is 1.40 bits per heavy atom. The first-order valence-corrected chi connectivity index (χ1v) is 4.21. The molecule has 0 aliphatic carbocycles. The zero-order valence-electron chi connectivity index (χ0n) is 7.68. The van der Waals surface area contributed by atoms with E-state index in [1.165, 1.54) is 24.4 Å². The molecular formula is C10H8N2O3. The number of nitrogens with zero attached hydrogens (tertiary/aromatic N) is 1. The van der Waals surface area contributed by atoms with E-state index in [1.807, 2.05) is 0 Å². The minimum absolute atomic E-state index is 0.0520. The van der Waals surface area contributed by atoms with Crippen molar-refractivity contribution < 1.29 is 14.4 Å². The summed E-state index contributed by atoms with van der Waals surface area (Å²) < 4.78 is 4.69. The lowest BCUT2D eigenvalue weighted by Crippen LogP contribution is -1.90. The quantitative estimate of drug-likeness (QED) is 0.722. The van der Waals surface area contributed by atoms with E-state index in [2.05, 4.69) is 9.68 Å². The molecule has 0 bridgehead atoms. The third-order valence-electron chi connectivity index (χ3n) is 2.05. The van der Waals surface area contributed by atoms with Crippen LogP contribution in [-0.4, -0.2) is 16.5 Å². The first-order chi connectivity index (χ1) is 7.22. The molecule has 76 valence electrons. The van der Waals surface area contributed by atoms with Crippen molar-refractivity contribution in [3.8, 4) is 16.9 Å². The van der Waals surface area contributed by atoms with Gasteiger partial charge >= 0.3 is 0 Å². The first-order valence-electron chi connectivity index (χ1n) is 4.21. The summed E-state index contributed by atoms with van der Waals surface area (Å²) in [5.74, 6) is 0.167. The van der Waals surface area contributed by atoms with Gasteiger partial charge in [-0.25, -0.2) is 0 Å². The molecule has 5 heteroatoms. The normalized spacial score (nSPS) is 10.1. The van der Waals surface area contributed by atoms with Gasteiger partial charge in [0.2, 0.25) is 5.88 Å². The maximum atomic E-state index is 10.8. The highest BCUT2D eigenvalue weighted by molar-refractivity contribution is 5.90. The fourth-order valence-corrected chi connectivity index (χ4v) is 1.33. The van der Waals surface area contributed by atoms with Crippen LogP contribution < -0.4 is 5.73 Å². The molecule has 0 radical (unpaired) electrons. The minimum Gasteiger partial charge on any atom is -0.508 e. The van der Waals surface area contributed by atoms with E-state index in [-0.39, 0.29) is 11.6 Å². The second kappa shape index (κ2) is 3.45. The van der Waals surface area contributed by atoms with Crippen molar-refractivity contribution >= 4 is 12.2 Å². The van der Waals surface area contributed by atoms with Gasteiger partial charge < -0.3 is 15.4 Å². The fraction of sp³-hybridized carbons (Fsp3) is 0. The molecule has 1 aromatic heterocycles. The van der Waals surface area contributed by atoms with E-state index in [9.17, 15) is 9.90 Å². The lowest BCUT2D eigenvalue weighted by molar-refractivity contribution is 0.112. The second-order valence-electron chi connectivity index (χ2n) is 2.99. The molecular weight excluding hydrogens is 196 g/mol. The van der Waals surface area contributed by atoms with Crippen LogP contribution in [0.4, 0.5) is 5.88 Å². The summed E-state index contributed by atoms with van der Waals surface area (Å²) in [4.78, 5) is 10.8. The highest BCUT2D eigenvalue weighted by Gasteiger charge is 2.11. The standard InChI is InChI=1S/C10H8N2O3/c11-10-9(4-12-15-10)8-3-7(14)2-1-6(8)5-13/h1-5,14H,11H2. The molecule has 0 spiro atoms. The number of carbonyl (C=O) groups excluding carboxylic acids is 1. The second-order valence-corrected chi connectivity index (χ2v) is 2.99. The van der Waals surface area contributed by atoms with E-state index in [0.717, 1.165) is 0 Å². The number of benzene rings is 1. The molecule has 5 nitrogen and oxygen atoms in total.